The quantitative estimate of drug-likeness (QED) is 0.0253. The largest absolute Gasteiger partial charge is 0.481 e. The highest BCUT2D eigenvalue weighted by atomic mass is 16.5. The number of carboxylic acid groups (broad SMARTS) is 4. The Morgan fingerprint density at radius 1 is 0.328 bits per heavy atom. The van der Waals surface area contributed by atoms with Gasteiger partial charge in [-0.25, -0.2) is 4.79 Å². The van der Waals surface area contributed by atoms with Crippen LogP contribution in [-0.2, 0) is 110 Å². The molecular formula is C86H158N6O27. The van der Waals surface area contributed by atoms with Crippen LogP contribution in [0.4, 0.5) is 0 Å². The van der Waals surface area contributed by atoms with Crippen LogP contribution in [-0.4, -0.2) is 252 Å². The minimum absolute atomic E-state index is 0. The zero-order valence-electron chi connectivity index (χ0n) is 72.7. The molecular weight excluding hydrogens is 1550 g/mol. The summed E-state index contributed by atoms with van der Waals surface area (Å²) in [6, 6.07) is -1.04. The van der Waals surface area contributed by atoms with Crippen molar-refractivity contribution < 1.29 is 135 Å². The van der Waals surface area contributed by atoms with E-state index in [-0.39, 0.29) is 205 Å². The molecule has 694 valence electrons. The number of ketones is 6. The van der Waals surface area contributed by atoms with E-state index in [0.29, 0.717) is 136 Å². The van der Waals surface area contributed by atoms with Crippen molar-refractivity contribution in [1.82, 2.24) is 26.6 Å². The lowest BCUT2D eigenvalue weighted by molar-refractivity contribution is -0.144. The Balaban J connectivity index is -0.00000100. The van der Waals surface area contributed by atoms with Gasteiger partial charge in [-0.2, -0.15) is 0 Å². The smallest absolute Gasteiger partial charge is 0.326 e. The third-order valence-corrected chi connectivity index (χ3v) is 19.4. The summed E-state index contributed by atoms with van der Waals surface area (Å²) in [5.41, 5.74) is 4.92. The van der Waals surface area contributed by atoms with Gasteiger partial charge in [0.25, 0.3) is 0 Å². The number of carbonyl (C=O) groups excluding carboxylic acids is 11. The molecule has 0 saturated heterocycles. The van der Waals surface area contributed by atoms with Gasteiger partial charge in [0, 0.05) is 140 Å². The molecule has 0 aromatic heterocycles. The molecule has 0 aliphatic carbocycles. The van der Waals surface area contributed by atoms with Crippen molar-refractivity contribution >= 4 is 88.1 Å². The zero-order valence-corrected chi connectivity index (χ0v) is 72.7. The van der Waals surface area contributed by atoms with E-state index < -0.39 is 53.2 Å². The normalized spacial score (nSPS) is 12.3. The Morgan fingerprint density at radius 3 is 1.18 bits per heavy atom. The topological polar surface area (TPSA) is 497 Å². The molecule has 11 N–H and O–H groups in total. The van der Waals surface area contributed by atoms with Gasteiger partial charge >= 0.3 is 23.9 Å². The van der Waals surface area contributed by atoms with E-state index in [1.165, 1.54) is 13.8 Å². The lowest BCUT2D eigenvalue weighted by atomic mass is 9.82. The van der Waals surface area contributed by atoms with E-state index in [4.69, 9.17) is 53.8 Å². The van der Waals surface area contributed by atoms with Gasteiger partial charge in [-0.1, -0.05) is 116 Å². The number of aliphatic carboxylic acids is 4. The summed E-state index contributed by atoms with van der Waals surface area (Å²) in [5, 5.41) is 49.6. The summed E-state index contributed by atoms with van der Waals surface area (Å²) in [4.78, 5) is 180. The molecule has 33 heteroatoms. The van der Waals surface area contributed by atoms with Crippen molar-refractivity contribution in [2.24, 2.45) is 23.5 Å². The highest BCUT2D eigenvalue weighted by Gasteiger charge is 2.31. The summed E-state index contributed by atoms with van der Waals surface area (Å²) in [6.45, 7) is 13.1. The average Bonchev–Trinajstić information content (AvgIpc) is 0.876. The fourth-order valence-electron chi connectivity index (χ4n) is 12.3. The molecule has 119 heavy (non-hydrogen) atoms. The second-order valence-corrected chi connectivity index (χ2v) is 30.8. The molecule has 0 saturated carbocycles. The first kappa shape index (κ1) is 114. The molecule has 0 radical (unpaired) electrons. The third kappa shape index (κ3) is 79.1. The molecule has 0 bridgehead atoms. The number of nitrogens with two attached hydrogens (primary N) is 1. The first-order chi connectivity index (χ1) is 57.0. The van der Waals surface area contributed by atoms with Gasteiger partial charge in [0.1, 0.15) is 49.0 Å². The van der Waals surface area contributed by atoms with Crippen LogP contribution in [0.3, 0.4) is 0 Å². The van der Waals surface area contributed by atoms with Crippen LogP contribution < -0.4 is 32.3 Å². The van der Waals surface area contributed by atoms with Crippen molar-refractivity contribution in [1.29, 1.82) is 0 Å². The lowest BCUT2D eigenvalue weighted by Gasteiger charge is -2.23. The van der Waals surface area contributed by atoms with Gasteiger partial charge in [0.05, 0.1) is 77.5 Å². The molecule has 0 rings (SSSR count). The first-order valence-corrected chi connectivity index (χ1v) is 43.7. The number of amides is 5. The number of hydrogen-bond acceptors (Lipinski definition) is 24. The van der Waals surface area contributed by atoms with Crippen LogP contribution >= 0.6 is 0 Å². The van der Waals surface area contributed by atoms with Crippen LogP contribution in [0.5, 0.6) is 0 Å². The SMILES string of the molecule is CC(=O)NCCOCCOCC(=O)NCCCC[C@H](CC(=O)C(C)(C)N)C(=O)C[C@@H](CCCCNC(=O)COCCOCCCC(=O)COCCOCCNC(=O)CC[C@H](CC(=O)CCCCCCCCCCCCC(=O)O)C(=O)O)C(C)=O.CCOCCOCCCC(=O)CC[C@H](NC(=O)CCCCCCCCCCCCC(=O)O)C(=O)O.[HH].[HH].[HH]. The highest BCUT2D eigenvalue weighted by Crippen LogP contribution is 2.25. The fraction of sp³-hybridized carbons (Fsp3) is 0.826. The maximum atomic E-state index is 13.6. The molecule has 0 spiro atoms. The molecule has 0 aliphatic rings. The van der Waals surface area contributed by atoms with E-state index in [1.54, 1.807) is 13.8 Å². The van der Waals surface area contributed by atoms with Gasteiger partial charge in [0.2, 0.25) is 29.5 Å². The molecule has 0 fully saturated rings. The number of unbranched alkanes of at least 4 members (excludes halogenated alkanes) is 20. The van der Waals surface area contributed by atoms with Gasteiger partial charge in [-0.3, -0.25) is 67.1 Å². The summed E-state index contributed by atoms with van der Waals surface area (Å²) in [5.74, 6) is -7.98. The summed E-state index contributed by atoms with van der Waals surface area (Å²) >= 11 is 0. The summed E-state index contributed by atoms with van der Waals surface area (Å²) in [6.07, 6.45) is 25.6. The minimum Gasteiger partial charge on any atom is -0.481 e. The maximum Gasteiger partial charge on any atom is 0.326 e. The molecule has 0 heterocycles. The Hall–Kier alpha value is -7.11. The van der Waals surface area contributed by atoms with Crippen LogP contribution in [0.15, 0.2) is 0 Å². The molecule has 0 aromatic rings. The number of ether oxygens (including phenoxy) is 8. The van der Waals surface area contributed by atoms with Crippen molar-refractivity contribution in [3.63, 3.8) is 0 Å². The van der Waals surface area contributed by atoms with Crippen molar-refractivity contribution in [2.75, 3.05) is 132 Å². The van der Waals surface area contributed by atoms with Gasteiger partial charge < -0.3 is 90.6 Å². The Morgan fingerprint density at radius 2 is 0.731 bits per heavy atom. The molecule has 4 atom stereocenters. The van der Waals surface area contributed by atoms with Crippen LogP contribution in [0.2, 0.25) is 0 Å². The van der Waals surface area contributed by atoms with Crippen molar-refractivity contribution in [3.05, 3.63) is 0 Å². The number of carbonyl (C=O) groups is 15. The van der Waals surface area contributed by atoms with Crippen LogP contribution in [0.1, 0.15) is 302 Å². The maximum absolute atomic E-state index is 13.6. The Labute approximate surface area is 711 Å². The first-order valence-electron chi connectivity index (χ1n) is 43.7. The standard InChI is InChI=1S/C60H105N5O19.C26H47NO8.3H2/c1-46(66)48(41-53(70)49(42-54(71)60(3,4)61)21-16-18-28-64-57(74)45-84-39-36-80-32-29-62-47(2)67)20-15-17-27-63-56(73)44-83-38-34-79-31-19-23-52(69)43-82-37-35-81-33-30-65-55(72)26-25-50(59(77)78)40-51(68)22-13-11-9-7-5-6-8-10-12-14-24-58(75)76;1-2-34-20-21-35-19-13-14-22(28)17-18-23(26(32)33)27-24(29)15-11-9-7-5-3-4-6-8-10-12-16-25(30)31;;;/h48-50H,5-45,61H2,1-4H3,(H,62,67)(H,63,73)(H,64,74)(H,65,72)(H,75,76)(H,77,78);23H,2-21H2,1H3,(H,27,29)(H,30,31)(H,32,33);3*1H/t48-,49-,50-;23-;;;/m10.../s1. The molecule has 0 aliphatic heterocycles. The predicted molar refractivity (Wildman–Crippen MR) is 453 cm³/mol. The molecule has 0 aromatic carbocycles. The number of hydrogen-bond donors (Lipinski definition) is 10. The van der Waals surface area contributed by atoms with E-state index in [9.17, 15) is 82.1 Å². The lowest BCUT2D eigenvalue weighted by Crippen LogP contribution is -2.43. The van der Waals surface area contributed by atoms with Crippen molar-refractivity contribution in [2.45, 2.75) is 309 Å². The molecule has 5 amide bonds. The number of Topliss-reactive ketones (excluding diaryl/α,β-unsaturated/α-hetero) is 6. The second-order valence-electron chi connectivity index (χ2n) is 30.8. The summed E-state index contributed by atoms with van der Waals surface area (Å²) < 4.78 is 42.8. The fourth-order valence-corrected chi connectivity index (χ4v) is 12.3. The van der Waals surface area contributed by atoms with E-state index in [1.807, 2.05) is 6.92 Å². The molecule has 0 unspecified atom stereocenters. The second kappa shape index (κ2) is 79.4. The minimum atomic E-state index is -1.13. The number of nitrogens with one attached hydrogen (secondary N) is 5. The predicted octanol–water partition coefficient (Wildman–Crippen LogP) is 10.2. The van der Waals surface area contributed by atoms with Crippen LogP contribution in [0, 0.1) is 17.8 Å². The van der Waals surface area contributed by atoms with E-state index in [2.05, 4.69) is 26.6 Å². The third-order valence-electron chi connectivity index (χ3n) is 19.4. The van der Waals surface area contributed by atoms with E-state index >= 15 is 0 Å². The highest BCUT2D eigenvalue weighted by molar-refractivity contribution is 5.94. The number of rotatable bonds is 87. The van der Waals surface area contributed by atoms with E-state index in [0.717, 1.165) is 122 Å². The summed E-state index contributed by atoms with van der Waals surface area (Å²) in [7, 11) is 0. The number of carboxylic acids is 4. The zero-order chi connectivity index (χ0) is 88.8. The van der Waals surface area contributed by atoms with Gasteiger partial charge in [0.15, 0.2) is 11.6 Å². The van der Waals surface area contributed by atoms with Gasteiger partial charge in [-0.05, 0) is 105 Å². The average molecular weight is 1710 g/mol. The molecule has 33 nitrogen and oxygen atoms in total. The monoisotopic (exact) mass is 1710 g/mol. The Kier molecular flexibility index (Phi) is 76.0. The van der Waals surface area contributed by atoms with Crippen molar-refractivity contribution in [3.8, 4) is 0 Å². The van der Waals surface area contributed by atoms with Gasteiger partial charge in [-0.15, -0.1) is 0 Å². The van der Waals surface area contributed by atoms with Crippen LogP contribution in [0.25, 0.3) is 0 Å². The Bertz CT molecular complexity index is 2810.